The molecule has 1 saturated carbocycles. The molecule has 0 bridgehead atoms. The summed E-state index contributed by atoms with van der Waals surface area (Å²) in [6.45, 7) is 7.45. The van der Waals surface area contributed by atoms with Crippen LogP contribution in [0.25, 0.3) is 0 Å². The number of rotatable bonds is 1. The molecule has 1 aliphatic heterocycles. The van der Waals surface area contributed by atoms with Gasteiger partial charge in [0.25, 0.3) is 0 Å². The summed E-state index contributed by atoms with van der Waals surface area (Å²) in [7, 11) is 2.29. The van der Waals surface area contributed by atoms with E-state index in [1.165, 1.54) is 38.8 Å². The molecule has 1 heteroatoms. The molecule has 2 aliphatic rings. The van der Waals surface area contributed by atoms with Crippen LogP contribution in [0.1, 0.15) is 39.5 Å². The van der Waals surface area contributed by atoms with Crippen LogP contribution in [0.15, 0.2) is 0 Å². The van der Waals surface area contributed by atoms with E-state index in [9.17, 15) is 0 Å². The topological polar surface area (TPSA) is 3.24 Å². The van der Waals surface area contributed by atoms with Crippen molar-refractivity contribution in [1.29, 1.82) is 0 Å². The molecule has 0 aromatic heterocycles. The van der Waals surface area contributed by atoms with Crippen molar-refractivity contribution in [2.75, 3.05) is 20.1 Å². The first kappa shape index (κ1) is 9.51. The first-order chi connectivity index (χ1) is 6.11. The van der Waals surface area contributed by atoms with Crippen LogP contribution in [0.3, 0.4) is 0 Å². The van der Waals surface area contributed by atoms with E-state index in [0.29, 0.717) is 0 Å². The molecule has 1 unspecified atom stereocenters. The highest BCUT2D eigenvalue weighted by Gasteiger charge is 2.45. The zero-order valence-corrected chi connectivity index (χ0v) is 9.34. The van der Waals surface area contributed by atoms with Crippen LogP contribution in [0, 0.1) is 17.3 Å². The van der Waals surface area contributed by atoms with E-state index in [1.807, 2.05) is 0 Å². The molecule has 1 atom stereocenters. The Labute approximate surface area is 82.5 Å². The van der Waals surface area contributed by atoms with Gasteiger partial charge in [0.05, 0.1) is 0 Å². The Bertz CT molecular complexity index is 182. The first-order valence-corrected chi connectivity index (χ1v) is 5.80. The molecule has 0 N–H and O–H groups in total. The molecule has 76 valence electrons. The van der Waals surface area contributed by atoms with Crippen molar-refractivity contribution in [3.63, 3.8) is 0 Å². The van der Waals surface area contributed by atoms with E-state index in [0.717, 1.165) is 17.3 Å². The second-order valence-electron chi connectivity index (χ2n) is 5.72. The standard InChI is InChI=1S/C12H23N/c1-10(2)11-8-12(4-5-12)6-7-13(3)9-11/h10-11H,4-9H2,1-3H3. The highest BCUT2D eigenvalue weighted by atomic mass is 15.1. The lowest BCUT2D eigenvalue weighted by Crippen LogP contribution is -2.26. The van der Waals surface area contributed by atoms with Crippen molar-refractivity contribution in [3.8, 4) is 0 Å². The molecule has 1 spiro atoms. The summed E-state index contributed by atoms with van der Waals surface area (Å²) >= 11 is 0. The number of hydrogen-bond donors (Lipinski definition) is 0. The zero-order chi connectivity index (χ0) is 9.47. The van der Waals surface area contributed by atoms with Gasteiger partial charge in [0, 0.05) is 6.54 Å². The molecule has 2 fully saturated rings. The van der Waals surface area contributed by atoms with Crippen LogP contribution < -0.4 is 0 Å². The fraction of sp³-hybridized carbons (Fsp3) is 1.00. The fourth-order valence-corrected chi connectivity index (χ4v) is 2.72. The third-order valence-electron chi connectivity index (χ3n) is 4.17. The molecular weight excluding hydrogens is 158 g/mol. The second-order valence-corrected chi connectivity index (χ2v) is 5.72. The van der Waals surface area contributed by atoms with E-state index < -0.39 is 0 Å². The van der Waals surface area contributed by atoms with Crippen molar-refractivity contribution in [1.82, 2.24) is 4.90 Å². The lowest BCUT2D eigenvalue weighted by molar-refractivity contribution is 0.247. The molecule has 0 aromatic carbocycles. The van der Waals surface area contributed by atoms with Gasteiger partial charge in [-0.25, -0.2) is 0 Å². The van der Waals surface area contributed by atoms with Gasteiger partial charge in [-0.15, -0.1) is 0 Å². The maximum absolute atomic E-state index is 2.54. The zero-order valence-electron chi connectivity index (χ0n) is 9.34. The molecule has 1 nitrogen and oxygen atoms in total. The van der Waals surface area contributed by atoms with E-state index in [4.69, 9.17) is 0 Å². The summed E-state index contributed by atoms with van der Waals surface area (Å²) in [6, 6.07) is 0. The van der Waals surface area contributed by atoms with E-state index in [2.05, 4.69) is 25.8 Å². The summed E-state index contributed by atoms with van der Waals surface area (Å²) in [5.74, 6) is 1.83. The van der Waals surface area contributed by atoms with Crippen molar-refractivity contribution in [2.45, 2.75) is 39.5 Å². The number of hydrogen-bond acceptors (Lipinski definition) is 1. The summed E-state index contributed by atoms with van der Waals surface area (Å²) < 4.78 is 0. The molecule has 13 heavy (non-hydrogen) atoms. The Hall–Kier alpha value is -0.0400. The van der Waals surface area contributed by atoms with Crippen molar-refractivity contribution < 1.29 is 0 Å². The Kier molecular flexibility index (Phi) is 2.39. The lowest BCUT2D eigenvalue weighted by Gasteiger charge is -2.24. The van der Waals surface area contributed by atoms with Gasteiger partial charge in [-0.3, -0.25) is 0 Å². The third-order valence-corrected chi connectivity index (χ3v) is 4.17. The van der Waals surface area contributed by atoms with E-state index in [-0.39, 0.29) is 0 Å². The smallest absolute Gasteiger partial charge is 0.000926 e. The average molecular weight is 181 g/mol. The predicted octanol–water partition coefficient (Wildman–Crippen LogP) is 2.76. The van der Waals surface area contributed by atoms with Crippen LogP contribution in [0.4, 0.5) is 0 Å². The molecule has 0 radical (unpaired) electrons. The molecule has 0 amide bonds. The van der Waals surface area contributed by atoms with Crippen molar-refractivity contribution in [2.24, 2.45) is 17.3 Å². The Morgan fingerprint density at radius 1 is 1.23 bits per heavy atom. The number of nitrogens with zero attached hydrogens (tertiary/aromatic N) is 1. The minimum atomic E-state index is 0.805. The highest BCUT2D eigenvalue weighted by molar-refractivity contribution is 4.97. The monoisotopic (exact) mass is 181 g/mol. The molecule has 1 heterocycles. The van der Waals surface area contributed by atoms with Gasteiger partial charge in [-0.05, 0) is 56.5 Å². The van der Waals surface area contributed by atoms with Gasteiger partial charge in [0.15, 0.2) is 0 Å². The van der Waals surface area contributed by atoms with E-state index >= 15 is 0 Å². The van der Waals surface area contributed by atoms with Crippen LogP contribution >= 0.6 is 0 Å². The highest BCUT2D eigenvalue weighted by Crippen LogP contribution is 2.55. The van der Waals surface area contributed by atoms with Gasteiger partial charge < -0.3 is 4.90 Å². The maximum atomic E-state index is 2.54. The van der Waals surface area contributed by atoms with Crippen LogP contribution in [-0.2, 0) is 0 Å². The van der Waals surface area contributed by atoms with Gasteiger partial charge in [0.1, 0.15) is 0 Å². The van der Waals surface area contributed by atoms with Crippen molar-refractivity contribution in [3.05, 3.63) is 0 Å². The first-order valence-electron chi connectivity index (χ1n) is 5.80. The molecular formula is C12H23N. The van der Waals surface area contributed by atoms with E-state index in [1.54, 1.807) is 0 Å². The Morgan fingerprint density at radius 2 is 1.92 bits per heavy atom. The summed E-state index contributed by atoms with van der Waals surface area (Å²) in [5, 5.41) is 0. The van der Waals surface area contributed by atoms with Crippen LogP contribution in [0.5, 0.6) is 0 Å². The van der Waals surface area contributed by atoms with Crippen LogP contribution in [0.2, 0.25) is 0 Å². The number of likely N-dealkylation sites (tertiary alicyclic amines) is 1. The summed E-state index contributed by atoms with van der Waals surface area (Å²) in [5.41, 5.74) is 0.805. The summed E-state index contributed by atoms with van der Waals surface area (Å²) in [4.78, 5) is 2.54. The minimum absolute atomic E-state index is 0.805. The SMILES string of the molecule is CC(C)C1CN(C)CCC2(CC2)C1. The quantitative estimate of drug-likeness (QED) is 0.601. The lowest BCUT2D eigenvalue weighted by atomic mass is 9.84. The summed E-state index contributed by atoms with van der Waals surface area (Å²) in [6.07, 6.45) is 6.01. The van der Waals surface area contributed by atoms with Crippen LogP contribution in [-0.4, -0.2) is 25.0 Å². The average Bonchev–Trinajstić information content (AvgIpc) is 2.82. The van der Waals surface area contributed by atoms with Gasteiger partial charge in [-0.2, -0.15) is 0 Å². The fourth-order valence-electron chi connectivity index (χ4n) is 2.72. The molecule has 0 aromatic rings. The second kappa shape index (κ2) is 3.27. The molecule has 2 rings (SSSR count). The molecule has 1 aliphatic carbocycles. The van der Waals surface area contributed by atoms with Gasteiger partial charge >= 0.3 is 0 Å². The third kappa shape index (κ3) is 2.07. The van der Waals surface area contributed by atoms with Gasteiger partial charge in [-0.1, -0.05) is 13.8 Å². The van der Waals surface area contributed by atoms with Gasteiger partial charge in [0.2, 0.25) is 0 Å². The maximum Gasteiger partial charge on any atom is 0.000926 e. The Morgan fingerprint density at radius 3 is 2.46 bits per heavy atom. The predicted molar refractivity (Wildman–Crippen MR) is 56.7 cm³/mol. The largest absolute Gasteiger partial charge is 0.306 e. The minimum Gasteiger partial charge on any atom is -0.306 e. The van der Waals surface area contributed by atoms with Crippen molar-refractivity contribution >= 4 is 0 Å². The normalized spacial score (nSPS) is 33.7. The molecule has 1 saturated heterocycles. The Balaban J connectivity index is 2.01.